The molecule has 1 saturated carbocycles. The number of carbonyl (C=O) groups excluding carboxylic acids is 1. The van der Waals surface area contributed by atoms with Gasteiger partial charge in [0.2, 0.25) is 17.7 Å². The molecule has 1 aromatic heterocycles. The molecule has 0 unspecified atom stereocenters. The molecule has 0 radical (unpaired) electrons. The van der Waals surface area contributed by atoms with Crippen LogP contribution in [0.1, 0.15) is 32.3 Å². The van der Waals surface area contributed by atoms with E-state index in [1.165, 1.54) is 13.3 Å². The maximum atomic E-state index is 10.8. The van der Waals surface area contributed by atoms with Crippen LogP contribution in [0.4, 0.5) is 0 Å². The van der Waals surface area contributed by atoms with Crippen molar-refractivity contribution in [2.24, 2.45) is 5.92 Å². The van der Waals surface area contributed by atoms with E-state index in [0.717, 1.165) is 24.2 Å². The molecule has 31 heavy (non-hydrogen) atoms. The van der Waals surface area contributed by atoms with Gasteiger partial charge in [-0.1, -0.05) is 23.7 Å². The van der Waals surface area contributed by atoms with Crippen LogP contribution in [-0.2, 0) is 16.1 Å². The van der Waals surface area contributed by atoms with Crippen LogP contribution in [0.3, 0.4) is 0 Å². The monoisotopic (exact) mass is 449 g/mol. The fourth-order valence-corrected chi connectivity index (χ4v) is 3.39. The molecule has 0 saturated heterocycles. The van der Waals surface area contributed by atoms with Gasteiger partial charge in [0.05, 0.1) is 25.9 Å². The summed E-state index contributed by atoms with van der Waals surface area (Å²) in [7, 11) is 0. The average molecular weight is 450 g/mol. The molecule has 1 aliphatic rings. The number of rotatable bonds is 12. The van der Waals surface area contributed by atoms with Crippen LogP contribution < -0.4 is 19.5 Å². The predicted octanol–water partition coefficient (Wildman–Crippen LogP) is 3.42. The molecule has 1 amide bonds. The molecular formula is C22H28ClN3O5. The Morgan fingerprint density at radius 2 is 1.97 bits per heavy atom. The van der Waals surface area contributed by atoms with Crippen molar-refractivity contribution in [3.63, 3.8) is 0 Å². The molecule has 2 aromatic rings. The van der Waals surface area contributed by atoms with Gasteiger partial charge in [-0.2, -0.15) is 0 Å². The van der Waals surface area contributed by atoms with Crippen molar-refractivity contribution in [3.8, 4) is 17.5 Å². The van der Waals surface area contributed by atoms with Gasteiger partial charge in [-0.25, -0.2) is 9.97 Å². The first-order chi connectivity index (χ1) is 15.0. The fraction of sp³-hybridized carbons (Fsp3) is 0.500. The summed E-state index contributed by atoms with van der Waals surface area (Å²) in [6, 6.07) is 7.67. The van der Waals surface area contributed by atoms with Gasteiger partial charge in [-0.15, -0.1) is 0 Å². The first kappa shape index (κ1) is 23.1. The Bertz CT molecular complexity index is 861. The minimum absolute atomic E-state index is 0.0485. The molecule has 3 rings (SSSR count). The van der Waals surface area contributed by atoms with Crippen molar-refractivity contribution in [1.29, 1.82) is 0 Å². The Balaban J connectivity index is 1.42. The van der Waals surface area contributed by atoms with Gasteiger partial charge in [0.25, 0.3) is 0 Å². The smallest absolute Gasteiger partial charge is 0.240 e. The van der Waals surface area contributed by atoms with Gasteiger partial charge in [0.1, 0.15) is 18.7 Å². The summed E-state index contributed by atoms with van der Waals surface area (Å²) in [5.41, 5.74) is 0.946. The number of hydrogen-bond donors (Lipinski definition) is 1. The molecular weight excluding hydrogens is 422 g/mol. The minimum Gasteiger partial charge on any atom is -0.494 e. The van der Waals surface area contributed by atoms with Crippen molar-refractivity contribution in [2.45, 2.75) is 39.4 Å². The molecule has 168 valence electrons. The number of benzene rings is 1. The number of nitrogens with one attached hydrogen (secondary N) is 1. The van der Waals surface area contributed by atoms with Crippen LogP contribution in [0.5, 0.6) is 17.5 Å². The van der Waals surface area contributed by atoms with Gasteiger partial charge >= 0.3 is 0 Å². The highest BCUT2D eigenvalue weighted by Gasteiger charge is 2.30. The van der Waals surface area contributed by atoms with Gasteiger partial charge in [-0.05, 0) is 43.4 Å². The zero-order valence-electron chi connectivity index (χ0n) is 17.8. The summed E-state index contributed by atoms with van der Waals surface area (Å²) in [5.74, 6) is 1.71. The Morgan fingerprint density at radius 3 is 2.71 bits per heavy atom. The van der Waals surface area contributed by atoms with Crippen LogP contribution in [0.25, 0.3) is 0 Å². The first-order valence-corrected chi connectivity index (χ1v) is 10.8. The number of ether oxygens (including phenoxy) is 4. The summed E-state index contributed by atoms with van der Waals surface area (Å²) in [4.78, 5) is 19.1. The lowest BCUT2D eigenvalue weighted by atomic mass is 9.83. The largest absolute Gasteiger partial charge is 0.494 e. The highest BCUT2D eigenvalue weighted by molar-refractivity contribution is 6.33. The molecule has 1 aliphatic carbocycles. The van der Waals surface area contributed by atoms with E-state index < -0.39 is 0 Å². The van der Waals surface area contributed by atoms with Crippen LogP contribution in [-0.4, -0.2) is 48.3 Å². The normalized spacial score (nSPS) is 17.5. The molecule has 0 aliphatic heterocycles. The minimum atomic E-state index is -0.0485. The second kappa shape index (κ2) is 11.7. The second-order valence-corrected chi connectivity index (χ2v) is 7.67. The highest BCUT2D eigenvalue weighted by atomic mass is 35.5. The number of amides is 1. The average Bonchev–Trinajstić information content (AvgIpc) is 2.72. The highest BCUT2D eigenvalue weighted by Crippen LogP contribution is 2.34. The Morgan fingerprint density at radius 1 is 1.19 bits per heavy atom. The number of carbonyl (C=O) groups is 1. The number of aromatic nitrogens is 2. The zero-order valence-corrected chi connectivity index (χ0v) is 18.6. The molecule has 1 N–H and O–H groups in total. The zero-order chi connectivity index (χ0) is 22.1. The van der Waals surface area contributed by atoms with Crippen LogP contribution in [0.15, 0.2) is 30.6 Å². The Kier molecular flexibility index (Phi) is 8.73. The molecule has 1 heterocycles. The van der Waals surface area contributed by atoms with E-state index in [9.17, 15) is 4.79 Å². The van der Waals surface area contributed by atoms with Crippen molar-refractivity contribution in [3.05, 3.63) is 41.2 Å². The van der Waals surface area contributed by atoms with E-state index in [4.69, 9.17) is 30.5 Å². The number of hydrogen-bond acceptors (Lipinski definition) is 7. The van der Waals surface area contributed by atoms with Gasteiger partial charge < -0.3 is 24.3 Å². The fourth-order valence-electron chi connectivity index (χ4n) is 3.18. The number of halogens is 1. The standard InChI is InChI=1S/C22H28ClN3O5/c1-3-28-18-6-4-5-16(9-18)12-30-21-20(23)22(26-14-25-21)31-13-17-10-19(11-17)29-8-7-24-15(2)27/h4-6,9,14,17,19H,3,7-8,10-13H2,1-2H3,(H,24,27). The Hall–Kier alpha value is -2.58. The summed E-state index contributed by atoms with van der Waals surface area (Å²) in [6.45, 7) is 5.89. The summed E-state index contributed by atoms with van der Waals surface area (Å²) < 4.78 is 22.8. The van der Waals surface area contributed by atoms with Crippen LogP contribution in [0.2, 0.25) is 5.02 Å². The summed E-state index contributed by atoms with van der Waals surface area (Å²) in [6.07, 6.45) is 3.39. The van der Waals surface area contributed by atoms with E-state index in [-0.39, 0.29) is 22.9 Å². The van der Waals surface area contributed by atoms with Gasteiger partial charge in [0.15, 0.2) is 5.02 Å². The molecule has 0 spiro atoms. The van der Waals surface area contributed by atoms with E-state index >= 15 is 0 Å². The predicted molar refractivity (Wildman–Crippen MR) is 116 cm³/mol. The van der Waals surface area contributed by atoms with Gasteiger partial charge in [0, 0.05) is 13.5 Å². The lowest BCUT2D eigenvalue weighted by Crippen LogP contribution is -2.37. The third kappa shape index (κ3) is 7.25. The van der Waals surface area contributed by atoms with E-state index in [1.807, 2.05) is 31.2 Å². The lowest BCUT2D eigenvalue weighted by molar-refractivity contribution is -0.119. The van der Waals surface area contributed by atoms with Crippen molar-refractivity contribution < 1.29 is 23.7 Å². The lowest BCUT2D eigenvalue weighted by Gasteiger charge is -2.34. The first-order valence-electron chi connectivity index (χ1n) is 10.4. The summed E-state index contributed by atoms with van der Waals surface area (Å²) >= 11 is 6.38. The molecule has 0 bridgehead atoms. The van der Waals surface area contributed by atoms with E-state index in [0.29, 0.717) is 44.8 Å². The number of nitrogens with zero attached hydrogens (tertiary/aromatic N) is 2. The van der Waals surface area contributed by atoms with Gasteiger partial charge in [-0.3, -0.25) is 4.79 Å². The Labute approximate surface area is 187 Å². The summed E-state index contributed by atoms with van der Waals surface area (Å²) in [5, 5.41) is 2.97. The van der Waals surface area contributed by atoms with E-state index in [2.05, 4.69) is 15.3 Å². The van der Waals surface area contributed by atoms with Crippen molar-refractivity contribution in [2.75, 3.05) is 26.4 Å². The topological polar surface area (TPSA) is 91.8 Å². The van der Waals surface area contributed by atoms with Crippen LogP contribution in [0, 0.1) is 5.92 Å². The third-order valence-electron chi connectivity index (χ3n) is 4.79. The third-order valence-corrected chi connectivity index (χ3v) is 5.11. The molecule has 0 atom stereocenters. The molecule has 1 fully saturated rings. The molecule has 9 heteroatoms. The second-order valence-electron chi connectivity index (χ2n) is 7.29. The maximum Gasteiger partial charge on any atom is 0.240 e. The van der Waals surface area contributed by atoms with Crippen molar-refractivity contribution in [1.82, 2.24) is 15.3 Å². The van der Waals surface area contributed by atoms with Crippen LogP contribution >= 0.6 is 11.6 Å². The SMILES string of the molecule is CCOc1cccc(COc2ncnc(OCC3CC(OCCNC(C)=O)C3)c2Cl)c1. The maximum absolute atomic E-state index is 10.8. The molecule has 8 nitrogen and oxygen atoms in total. The van der Waals surface area contributed by atoms with E-state index in [1.54, 1.807) is 0 Å². The quantitative estimate of drug-likeness (QED) is 0.496. The molecule has 1 aromatic carbocycles. The van der Waals surface area contributed by atoms with Crippen molar-refractivity contribution >= 4 is 17.5 Å².